The van der Waals surface area contributed by atoms with E-state index >= 15 is 0 Å². The van der Waals surface area contributed by atoms with E-state index in [0.29, 0.717) is 24.2 Å². The molecule has 3 aromatic rings. The van der Waals surface area contributed by atoms with Crippen LogP contribution in [0, 0.1) is 0 Å². The highest BCUT2D eigenvalue weighted by Crippen LogP contribution is 2.27. The standard InChI is InChI=1S/C18H17N3O4/c22-15-4-2-1-3-12(15)13-10-14(21-20-13)18(25)19-8-7-11-5-6-16(23)17(24)9-11/h1-6,9-10,22-24H,7-8H2,(H,19,25)(H,20,21). The largest absolute Gasteiger partial charge is 0.507 e. The lowest BCUT2D eigenvalue weighted by Crippen LogP contribution is -2.26. The minimum atomic E-state index is -0.346. The first-order valence-corrected chi connectivity index (χ1v) is 7.67. The number of hydrogen-bond acceptors (Lipinski definition) is 5. The highest BCUT2D eigenvalue weighted by atomic mass is 16.3. The number of carbonyl (C=O) groups is 1. The molecule has 0 bridgehead atoms. The lowest BCUT2D eigenvalue weighted by molar-refractivity contribution is 0.0949. The molecular weight excluding hydrogens is 322 g/mol. The Hall–Kier alpha value is -3.48. The van der Waals surface area contributed by atoms with Gasteiger partial charge in [-0.25, -0.2) is 0 Å². The zero-order valence-electron chi connectivity index (χ0n) is 13.2. The minimum absolute atomic E-state index is 0.102. The average Bonchev–Trinajstić information content (AvgIpc) is 3.08. The second-order valence-corrected chi connectivity index (χ2v) is 5.51. The Balaban J connectivity index is 1.60. The van der Waals surface area contributed by atoms with Crippen LogP contribution in [-0.4, -0.2) is 38.0 Å². The van der Waals surface area contributed by atoms with Crippen LogP contribution in [0.3, 0.4) is 0 Å². The first kappa shape index (κ1) is 16.4. The molecule has 7 heteroatoms. The molecule has 5 N–H and O–H groups in total. The fourth-order valence-corrected chi connectivity index (χ4v) is 2.41. The molecule has 0 spiro atoms. The number of benzene rings is 2. The number of rotatable bonds is 5. The van der Waals surface area contributed by atoms with E-state index in [1.54, 1.807) is 36.4 Å². The van der Waals surface area contributed by atoms with Crippen molar-refractivity contribution in [3.05, 3.63) is 59.8 Å². The summed E-state index contributed by atoms with van der Waals surface area (Å²) in [5.74, 6) is -0.615. The van der Waals surface area contributed by atoms with Crippen molar-refractivity contribution in [2.75, 3.05) is 6.54 Å². The van der Waals surface area contributed by atoms with Gasteiger partial charge in [0.25, 0.3) is 5.91 Å². The quantitative estimate of drug-likeness (QED) is 0.457. The van der Waals surface area contributed by atoms with E-state index in [1.165, 1.54) is 12.1 Å². The Morgan fingerprint density at radius 3 is 2.56 bits per heavy atom. The van der Waals surface area contributed by atoms with Crippen LogP contribution in [0.15, 0.2) is 48.5 Å². The Morgan fingerprint density at radius 2 is 1.80 bits per heavy atom. The van der Waals surface area contributed by atoms with Gasteiger partial charge >= 0.3 is 0 Å². The zero-order chi connectivity index (χ0) is 17.8. The SMILES string of the molecule is O=C(NCCc1ccc(O)c(O)c1)c1cc(-c2ccccc2O)[nH]n1. The summed E-state index contributed by atoms with van der Waals surface area (Å²) in [5.41, 5.74) is 2.11. The fourth-order valence-electron chi connectivity index (χ4n) is 2.41. The van der Waals surface area contributed by atoms with Gasteiger partial charge < -0.3 is 20.6 Å². The number of carbonyl (C=O) groups excluding carboxylic acids is 1. The number of amides is 1. The molecule has 0 aliphatic carbocycles. The molecule has 0 fully saturated rings. The summed E-state index contributed by atoms with van der Waals surface area (Å²) < 4.78 is 0. The highest BCUT2D eigenvalue weighted by molar-refractivity contribution is 5.93. The maximum Gasteiger partial charge on any atom is 0.271 e. The van der Waals surface area contributed by atoms with Gasteiger partial charge in [-0.05, 0) is 42.3 Å². The average molecular weight is 339 g/mol. The van der Waals surface area contributed by atoms with Gasteiger partial charge in [0.2, 0.25) is 0 Å². The normalized spacial score (nSPS) is 10.6. The summed E-state index contributed by atoms with van der Waals surface area (Å²) in [6.07, 6.45) is 0.496. The first-order valence-electron chi connectivity index (χ1n) is 7.67. The van der Waals surface area contributed by atoms with Gasteiger partial charge in [-0.1, -0.05) is 18.2 Å². The van der Waals surface area contributed by atoms with E-state index in [1.807, 2.05) is 0 Å². The number of hydrogen-bond donors (Lipinski definition) is 5. The molecular formula is C18H17N3O4. The van der Waals surface area contributed by atoms with Crippen molar-refractivity contribution >= 4 is 5.91 Å². The number of aromatic nitrogens is 2. The molecule has 0 saturated carbocycles. The second kappa shape index (κ2) is 6.96. The number of H-pyrrole nitrogens is 1. The summed E-state index contributed by atoms with van der Waals surface area (Å²) in [6.45, 7) is 0.349. The predicted octanol–water partition coefficient (Wildman–Crippen LogP) is 2.17. The van der Waals surface area contributed by atoms with Crippen molar-refractivity contribution < 1.29 is 20.1 Å². The third-order valence-corrected chi connectivity index (χ3v) is 3.74. The molecule has 1 heterocycles. The topological polar surface area (TPSA) is 118 Å². The number of nitrogens with one attached hydrogen (secondary N) is 2. The monoisotopic (exact) mass is 339 g/mol. The molecule has 1 aromatic heterocycles. The van der Waals surface area contributed by atoms with Crippen LogP contribution in [0.5, 0.6) is 17.2 Å². The van der Waals surface area contributed by atoms with Crippen LogP contribution in [0.25, 0.3) is 11.3 Å². The molecule has 3 rings (SSSR count). The van der Waals surface area contributed by atoms with E-state index in [2.05, 4.69) is 15.5 Å². The van der Waals surface area contributed by atoms with Crippen molar-refractivity contribution in [1.82, 2.24) is 15.5 Å². The third-order valence-electron chi connectivity index (χ3n) is 3.74. The Labute approximate surface area is 143 Å². The highest BCUT2D eigenvalue weighted by Gasteiger charge is 2.13. The number of nitrogens with zero attached hydrogens (tertiary/aromatic N) is 1. The molecule has 0 atom stereocenters. The van der Waals surface area contributed by atoms with Gasteiger partial charge in [0.15, 0.2) is 17.2 Å². The molecule has 7 nitrogen and oxygen atoms in total. The number of aromatic hydroxyl groups is 3. The van der Waals surface area contributed by atoms with Crippen LogP contribution >= 0.6 is 0 Å². The van der Waals surface area contributed by atoms with Gasteiger partial charge in [0.1, 0.15) is 5.75 Å². The molecule has 2 aromatic carbocycles. The lowest BCUT2D eigenvalue weighted by Gasteiger charge is -2.05. The van der Waals surface area contributed by atoms with Gasteiger partial charge in [-0.15, -0.1) is 0 Å². The van der Waals surface area contributed by atoms with Crippen LogP contribution in [0.4, 0.5) is 0 Å². The Kier molecular flexibility index (Phi) is 4.56. The van der Waals surface area contributed by atoms with Crippen molar-refractivity contribution in [2.45, 2.75) is 6.42 Å². The molecule has 128 valence electrons. The molecule has 0 aliphatic heterocycles. The maximum atomic E-state index is 12.1. The number of para-hydroxylation sites is 1. The van der Waals surface area contributed by atoms with E-state index in [-0.39, 0.29) is 28.8 Å². The van der Waals surface area contributed by atoms with E-state index in [4.69, 9.17) is 0 Å². The van der Waals surface area contributed by atoms with Crippen LogP contribution in [0.2, 0.25) is 0 Å². The van der Waals surface area contributed by atoms with Crippen molar-refractivity contribution in [1.29, 1.82) is 0 Å². The van der Waals surface area contributed by atoms with Crippen LogP contribution < -0.4 is 5.32 Å². The zero-order valence-corrected chi connectivity index (χ0v) is 13.2. The van der Waals surface area contributed by atoms with Gasteiger partial charge in [0, 0.05) is 12.1 Å². The number of phenols is 3. The number of aromatic amines is 1. The molecule has 25 heavy (non-hydrogen) atoms. The molecule has 0 aliphatic rings. The summed E-state index contributed by atoms with van der Waals surface area (Å²) >= 11 is 0. The van der Waals surface area contributed by atoms with Crippen LogP contribution in [0.1, 0.15) is 16.1 Å². The van der Waals surface area contributed by atoms with E-state index < -0.39 is 0 Å². The fraction of sp³-hybridized carbons (Fsp3) is 0.111. The first-order chi connectivity index (χ1) is 12.0. The van der Waals surface area contributed by atoms with E-state index in [9.17, 15) is 20.1 Å². The molecule has 0 radical (unpaired) electrons. The summed E-state index contributed by atoms with van der Waals surface area (Å²) in [6, 6.07) is 12.9. The second-order valence-electron chi connectivity index (χ2n) is 5.51. The minimum Gasteiger partial charge on any atom is -0.507 e. The Morgan fingerprint density at radius 1 is 1.00 bits per heavy atom. The lowest BCUT2D eigenvalue weighted by atomic mass is 10.1. The van der Waals surface area contributed by atoms with E-state index in [0.717, 1.165) is 5.56 Å². The smallest absolute Gasteiger partial charge is 0.271 e. The molecule has 1 amide bonds. The summed E-state index contributed by atoms with van der Waals surface area (Å²) in [5, 5.41) is 38.0. The van der Waals surface area contributed by atoms with Crippen molar-refractivity contribution in [3.8, 4) is 28.5 Å². The van der Waals surface area contributed by atoms with Crippen LogP contribution in [-0.2, 0) is 6.42 Å². The van der Waals surface area contributed by atoms with Gasteiger partial charge in [-0.3, -0.25) is 9.89 Å². The van der Waals surface area contributed by atoms with Crippen molar-refractivity contribution in [3.63, 3.8) is 0 Å². The van der Waals surface area contributed by atoms with Gasteiger partial charge in [-0.2, -0.15) is 5.10 Å². The summed E-state index contributed by atoms with van der Waals surface area (Å²) in [7, 11) is 0. The summed E-state index contributed by atoms with van der Waals surface area (Å²) in [4.78, 5) is 12.1. The Bertz CT molecular complexity index is 905. The molecule has 0 unspecified atom stereocenters. The van der Waals surface area contributed by atoms with Crippen molar-refractivity contribution in [2.24, 2.45) is 0 Å². The predicted molar refractivity (Wildman–Crippen MR) is 91.5 cm³/mol. The van der Waals surface area contributed by atoms with Gasteiger partial charge in [0.05, 0.1) is 5.69 Å². The molecule has 0 saturated heterocycles. The third kappa shape index (κ3) is 3.72. The maximum absolute atomic E-state index is 12.1. The number of phenolic OH excluding ortho intramolecular Hbond substituents is 3.